The molecule has 0 bridgehead atoms. The second-order valence-corrected chi connectivity index (χ2v) is 9.33. The van der Waals surface area contributed by atoms with Gasteiger partial charge in [0.2, 0.25) is 10.0 Å². The summed E-state index contributed by atoms with van der Waals surface area (Å²) in [5.41, 5.74) is 0.0777. The number of carbonyl (C=O) groups excluding carboxylic acids is 2. The van der Waals surface area contributed by atoms with E-state index in [0.717, 1.165) is 4.31 Å². The number of benzene rings is 1. The van der Waals surface area contributed by atoms with Crippen LogP contribution in [0.3, 0.4) is 0 Å². The van der Waals surface area contributed by atoms with E-state index in [1.165, 1.54) is 39.2 Å². The van der Waals surface area contributed by atoms with Crippen LogP contribution in [0.5, 0.6) is 0 Å². The molecular formula is C17H26N2O5S. The number of ether oxygens (including phenoxy) is 1. The Hall–Kier alpha value is -1.93. The van der Waals surface area contributed by atoms with E-state index in [9.17, 15) is 18.0 Å². The zero-order valence-electron chi connectivity index (χ0n) is 15.5. The Morgan fingerprint density at radius 3 is 2.36 bits per heavy atom. The normalized spacial score (nSPS) is 13.4. The van der Waals surface area contributed by atoms with Gasteiger partial charge in [-0.3, -0.25) is 9.59 Å². The van der Waals surface area contributed by atoms with E-state index in [2.05, 4.69) is 5.32 Å². The number of nitrogens with one attached hydrogen (secondary N) is 1. The summed E-state index contributed by atoms with van der Waals surface area (Å²) >= 11 is 0. The molecule has 0 aliphatic carbocycles. The van der Waals surface area contributed by atoms with Crippen LogP contribution in [0.1, 0.15) is 34.1 Å². The van der Waals surface area contributed by atoms with Gasteiger partial charge in [-0.2, -0.15) is 0 Å². The molecule has 7 nitrogen and oxygen atoms in total. The van der Waals surface area contributed by atoms with Crippen molar-refractivity contribution in [1.82, 2.24) is 4.31 Å². The molecule has 1 rings (SSSR count). The van der Waals surface area contributed by atoms with Crippen molar-refractivity contribution in [2.75, 3.05) is 19.4 Å². The zero-order valence-corrected chi connectivity index (χ0v) is 16.3. The van der Waals surface area contributed by atoms with Gasteiger partial charge in [-0.25, -0.2) is 12.7 Å². The largest absolute Gasteiger partial charge is 0.453 e. The molecule has 25 heavy (non-hydrogen) atoms. The first-order chi connectivity index (χ1) is 11.3. The molecular weight excluding hydrogens is 344 g/mol. The Bertz CT molecular complexity index is 736. The van der Waals surface area contributed by atoms with Crippen LogP contribution in [0.4, 0.5) is 5.69 Å². The second-order valence-electron chi connectivity index (χ2n) is 7.17. The molecule has 0 aliphatic rings. The van der Waals surface area contributed by atoms with Crippen LogP contribution in [0.15, 0.2) is 29.2 Å². The highest BCUT2D eigenvalue weighted by Gasteiger charge is 2.23. The van der Waals surface area contributed by atoms with Gasteiger partial charge in [0.25, 0.3) is 5.91 Å². The first kappa shape index (κ1) is 21.1. The van der Waals surface area contributed by atoms with E-state index in [1.54, 1.807) is 6.07 Å². The van der Waals surface area contributed by atoms with Crippen molar-refractivity contribution in [3.63, 3.8) is 0 Å². The predicted octanol–water partition coefficient (Wildman–Crippen LogP) is 2.24. The fourth-order valence-electron chi connectivity index (χ4n) is 1.91. The van der Waals surface area contributed by atoms with Crippen molar-refractivity contribution < 1.29 is 22.7 Å². The molecule has 8 heteroatoms. The summed E-state index contributed by atoms with van der Waals surface area (Å²) in [4.78, 5) is 24.0. The van der Waals surface area contributed by atoms with Crippen molar-refractivity contribution in [3.05, 3.63) is 24.3 Å². The lowest BCUT2D eigenvalue weighted by Crippen LogP contribution is -2.31. The van der Waals surface area contributed by atoms with Crippen molar-refractivity contribution in [2.45, 2.75) is 45.1 Å². The van der Waals surface area contributed by atoms with Crippen LogP contribution >= 0.6 is 0 Å². The molecule has 0 saturated carbocycles. The maximum atomic E-state index is 12.2. The first-order valence-electron chi connectivity index (χ1n) is 7.86. The van der Waals surface area contributed by atoms with Gasteiger partial charge >= 0.3 is 5.97 Å². The fourth-order valence-corrected chi connectivity index (χ4v) is 2.86. The van der Waals surface area contributed by atoms with Crippen molar-refractivity contribution in [2.24, 2.45) is 5.41 Å². The highest BCUT2D eigenvalue weighted by molar-refractivity contribution is 7.89. The number of anilines is 1. The number of sulfonamides is 1. The third-order valence-electron chi connectivity index (χ3n) is 3.23. The number of carbonyl (C=O) groups is 2. The quantitative estimate of drug-likeness (QED) is 0.775. The Morgan fingerprint density at radius 1 is 1.24 bits per heavy atom. The van der Waals surface area contributed by atoms with Gasteiger partial charge < -0.3 is 10.1 Å². The van der Waals surface area contributed by atoms with Gasteiger partial charge in [-0.15, -0.1) is 0 Å². The summed E-state index contributed by atoms with van der Waals surface area (Å²) in [6.45, 7) is 7.16. The van der Waals surface area contributed by atoms with Gasteiger partial charge in [0, 0.05) is 19.8 Å². The SMILES string of the molecule is C[C@H](OC(=O)CC(C)(C)C)C(=O)Nc1cccc(S(=O)(=O)N(C)C)c1. The fraction of sp³-hybridized carbons (Fsp3) is 0.529. The topological polar surface area (TPSA) is 92.8 Å². The lowest BCUT2D eigenvalue weighted by Gasteiger charge is -2.19. The molecule has 0 heterocycles. The molecule has 0 saturated heterocycles. The maximum Gasteiger partial charge on any atom is 0.307 e. The number of hydrogen-bond donors (Lipinski definition) is 1. The molecule has 1 aromatic rings. The van der Waals surface area contributed by atoms with Crippen LogP contribution < -0.4 is 5.32 Å². The minimum absolute atomic E-state index is 0.0627. The van der Waals surface area contributed by atoms with E-state index in [-0.39, 0.29) is 16.7 Å². The summed E-state index contributed by atoms with van der Waals surface area (Å²) in [6.07, 6.45) is -0.787. The predicted molar refractivity (Wildman–Crippen MR) is 95.6 cm³/mol. The van der Waals surface area contributed by atoms with Gasteiger partial charge in [-0.05, 0) is 30.5 Å². The summed E-state index contributed by atoms with van der Waals surface area (Å²) in [5.74, 6) is -0.985. The van der Waals surface area contributed by atoms with Crippen molar-refractivity contribution in [1.29, 1.82) is 0 Å². The molecule has 0 aromatic heterocycles. The molecule has 0 spiro atoms. The van der Waals surface area contributed by atoms with E-state index >= 15 is 0 Å². The van der Waals surface area contributed by atoms with Crippen LogP contribution in [-0.2, 0) is 24.3 Å². The highest BCUT2D eigenvalue weighted by Crippen LogP contribution is 2.20. The molecule has 0 unspecified atom stereocenters. The summed E-state index contributed by atoms with van der Waals surface area (Å²) < 4.78 is 30.5. The Morgan fingerprint density at radius 2 is 1.84 bits per heavy atom. The third kappa shape index (κ3) is 6.47. The molecule has 0 fully saturated rings. The van der Waals surface area contributed by atoms with Crippen molar-refractivity contribution in [3.8, 4) is 0 Å². The van der Waals surface area contributed by atoms with E-state index in [0.29, 0.717) is 5.69 Å². The summed E-state index contributed by atoms with van der Waals surface area (Å²) in [6, 6.07) is 5.90. The number of amides is 1. The number of rotatable bonds is 6. The summed E-state index contributed by atoms with van der Waals surface area (Å²) in [5, 5.41) is 2.56. The number of esters is 1. The van der Waals surface area contributed by atoms with Crippen LogP contribution in [0, 0.1) is 5.41 Å². The highest BCUT2D eigenvalue weighted by atomic mass is 32.2. The lowest BCUT2D eigenvalue weighted by atomic mass is 9.92. The number of hydrogen-bond acceptors (Lipinski definition) is 5. The van der Waals surface area contributed by atoms with Gasteiger partial charge in [0.1, 0.15) is 0 Å². The minimum atomic E-state index is -3.60. The van der Waals surface area contributed by atoms with Crippen molar-refractivity contribution >= 4 is 27.6 Å². The zero-order chi connectivity index (χ0) is 19.4. The Kier molecular flexibility index (Phi) is 6.73. The monoisotopic (exact) mass is 370 g/mol. The molecule has 1 amide bonds. The Labute approximate surface area is 149 Å². The maximum absolute atomic E-state index is 12.2. The molecule has 140 valence electrons. The third-order valence-corrected chi connectivity index (χ3v) is 5.04. The average Bonchev–Trinajstić information content (AvgIpc) is 2.45. The molecule has 0 aliphatic heterocycles. The van der Waals surface area contributed by atoms with E-state index in [1.807, 2.05) is 20.8 Å². The molecule has 1 aromatic carbocycles. The molecule has 1 N–H and O–H groups in total. The second kappa shape index (κ2) is 7.97. The Balaban J connectivity index is 2.79. The average molecular weight is 370 g/mol. The summed E-state index contributed by atoms with van der Waals surface area (Å²) in [7, 11) is -0.742. The van der Waals surface area contributed by atoms with E-state index < -0.39 is 28.0 Å². The van der Waals surface area contributed by atoms with Crippen LogP contribution in [-0.4, -0.2) is 44.8 Å². The standard InChI is InChI=1S/C17H26N2O5S/c1-12(24-15(20)11-17(2,3)4)16(21)18-13-8-7-9-14(10-13)25(22,23)19(5)6/h7-10,12H,11H2,1-6H3,(H,18,21)/t12-/m0/s1. The smallest absolute Gasteiger partial charge is 0.307 e. The van der Waals surface area contributed by atoms with Gasteiger partial charge in [-0.1, -0.05) is 26.8 Å². The first-order valence-corrected chi connectivity index (χ1v) is 9.30. The lowest BCUT2D eigenvalue weighted by molar-refractivity contribution is -0.154. The number of nitrogens with zero attached hydrogens (tertiary/aromatic N) is 1. The minimum Gasteiger partial charge on any atom is -0.453 e. The van der Waals surface area contributed by atoms with E-state index in [4.69, 9.17) is 4.74 Å². The molecule has 1 atom stereocenters. The van der Waals surface area contributed by atoms with Gasteiger partial charge in [0.05, 0.1) is 11.3 Å². The molecule has 0 radical (unpaired) electrons. The van der Waals surface area contributed by atoms with Crippen LogP contribution in [0.25, 0.3) is 0 Å². The van der Waals surface area contributed by atoms with Gasteiger partial charge in [0.15, 0.2) is 6.10 Å². The van der Waals surface area contributed by atoms with Crippen LogP contribution in [0.2, 0.25) is 0 Å².